The maximum Gasteiger partial charge on any atom is 0.278 e. The highest BCUT2D eigenvalue weighted by Gasteiger charge is 2.36. The van der Waals surface area contributed by atoms with Gasteiger partial charge in [-0.15, -0.1) is 0 Å². The predicted molar refractivity (Wildman–Crippen MR) is 66.7 cm³/mol. The van der Waals surface area contributed by atoms with E-state index < -0.39 is 10.5 Å². The maximum absolute atomic E-state index is 10.9. The van der Waals surface area contributed by atoms with Crippen molar-refractivity contribution in [1.29, 1.82) is 0 Å². The summed E-state index contributed by atoms with van der Waals surface area (Å²) >= 11 is 4.83. The molecule has 6 nitrogen and oxygen atoms in total. The summed E-state index contributed by atoms with van der Waals surface area (Å²) in [5.74, 6) is 0. The third kappa shape index (κ3) is 2.51. The number of nitrogens with zero attached hydrogens (tertiary/aromatic N) is 1. The van der Waals surface area contributed by atoms with Gasteiger partial charge in [0.15, 0.2) is 10.7 Å². The molecule has 1 unspecified atom stereocenters. The summed E-state index contributed by atoms with van der Waals surface area (Å²) in [6, 6.07) is 3.98. The van der Waals surface area contributed by atoms with E-state index in [4.69, 9.17) is 22.7 Å². The number of hydrogen-bond acceptors (Lipinski definition) is 6. The molecule has 17 heavy (non-hydrogen) atoms. The molecule has 1 rings (SSSR count). The number of rotatable bonds is 3. The van der Waals surface area contributed by atoms with Crippen molar-refractivity contribution in [3.8, 4) is 0 Å². The number of thiocarbonyl (C=S) groups is 1. The molecule has 0 saturated heterocycles. The minimum Gasteiger partial charge on any atom is -0.487 e. The van der Waals surface area contributed by atoms with Gasteiger partial charge in [0.05, 0.1) is 17.6 Å². The van der Waals surface area contributed by atoms with Crippen LogP contribution in [-0.4, -0.2) is 22.2 Å². The van der Waals surface area contributed by atoms with Gasteiger partial charge in [0.2, 0.25) is 0 Å². The van der Waals surface area contributed by atoms with Gasteiger partial charge < -0.3 is 15.6 Å². The third-order valence-corrected chi connectivity index (χ3v) is 2.89. The van der Waals surface area contributed by atoms with Gasteiger partial charge in [-0.25, -0.2) is 0 Å². The van der Waals surface area contributed by atoms with Gasteiger partial charge in [-0.1, -0.05) is 0 Å². The molecule has 0 aromatic heterocycles. The third-order valence-electron chi connectivity index (χ3n) is 2.33. The Kier molecular flexibility index (Phi) is 3.64. The summed E-state index contributed by atoms with van der Waals surface area (Å²) in [6.45, 7) is 1.33. The Labute approximate surface area is 103 Å². The smallest absolute Gasteiger partial charge is 0.278 e. The van der Waals surface area contributed by atoms with Crippen LogP contribution < -0.4 is 5.73 Å². The van der Waals surface area contributed by atoms with E-state index in [1.807, 2.05) is 0 Å². The highest BCUT2D eigenvalue weighted by molar-refractivity contribution is 7.80. The van der Waals surface area contributed by atoms with Gasteiger partial charge in [0.25, 0.3) is 5.69 Å². The lowest BCUT2D eigenvalue weighted by atomic mass is 9.94. The van der Waals surface area contributed by atoms with Gasteiger partial charge >= 0.3 is 0 Å². The first-order chi connectivity index (χ1) is 7.80. The lowest BCUT2D eigenvalue weighted by Crippen LogP contribution is -2.32. The van der Waals surface area contributed by atoms with Crippen LogP contribution in [0.15, 0.2) is 18.2 Å². The average molecular weight is 256 g/mol. The van der Waals surface area contributed by atoms with E-state index in [1.54, 1.807) is 0 Å². The zero-order chi connectivity index (χ0) is 13.2. The topological polar surface area (TPSA) is 98.6 Å². The second-order valence-electron chi connectivity index (χ2n) is 3.60. The van der Waals surface area contributed by atoms with Crippen molar-refractivity contribution in [3.63, 3.8) is 0 Å². The Morgan fingerprint density at radius 3 is 2.71 bits per heavy atom. The van der Waals surface area contributed by atoms with Crippen LogP contribution in [0.25, 0.3) is 0 Å². The normalized spacial score (nSPS) is 13.8. The number of nitrogen functional groups attached to an aromatic ring is 1. The van der Waals surface area contributed by atoms with Crippen LogP contribution in [0.2, 0.25) is 0 Å². The molecule has 0 aliphatic rings. The van der Waals surface area contributed by atoms with E-state index >= 15 is 0 Å². The number of methoxy groups -OCH3 is 1. The van der Waals surface area contributed by atoms with Crippen molar-refractivity contribution >= 4 is 28.6 Å². The SMILES string of the molecule is COC(=S)C(C)(O)c1ccc(N)cc1[N+](=O)[O-]. The van der Waals surface area contributed by atoms with Crippen molar-refractivity contribution in [3.05, 3.63) is 33.9 Å². The van der Waals surface area contributed by atoms with E-state index in [0.717, 1.165) is 0 Å². The highest BCUT2D eigenvalue weighted by Crippen LogP contribution is 2.32. The van der Waals surface area contributed by atoms with E-state index in [-0.39, 0.29) is 22.0 Å². The van der Waals surface area contributed by atoms with E-state index in [1.165, 1.54) is 32.2 Å². The van der Waals surface area contributed by atoms with Crippen molar-refractivity contribution in [2.75, 3.05) is 12.8 Å². The number of benzene rings is 1. The van der Waals surface area contributed by atoms with Gasteiger partial charge in [-0.05, 0) is 31.3 Å². The number of nitro groups is 1. The molecule has 3 N–H and O–H groups in total. The lowest BCUT2D eigenvalue weighted by molar-refractivity contribution is -0.386. The monoisotopic (exact) mass is 256 g/mol. The van der Waals surface area contributed by atoms with Crippen LogP contribution in [0.4, 0.5) is 11.4 Å². The number of hydrogen-bond donors (Lipinski definition) is 2. The van der Waals surface area contributed by atoms with E-state index in [9.17, 15) is 15.2 Å². The molecule has 0 heterocycles. The second-order valence-corrected chi connectivity index (χ2v) is 3.97. The molecule has 0 amide bonds. The molecule has 0 fully saturated rings. The molecule has 7 heteroatoms. The molecule has 0 aliphatic heterocycles. The second kappa shape index (κ2) is 4.64. The molecule has 1 atom stereocenters. The predicted octanol–water partition coefficient (Wildman–Crippen LogP) is 1.36. The molecule has 0 radical (unpaired) electrons. The van der Waals surface area contributed by atoms with Crippen molar-refractivity contribution in [2.45, 2.75) is 12.5 Å². The Bertz CT molecular complexity index is 473. The van der Waals surface area contributed by atoms with Gasteiger partial charge in [-0.2, -0.15) is 0 Å². The fourth-order valence-corrected chi connectivity index (χ4v) is 1.53. The molecule has 92 valence electrons. The van der Waals surface area contributed by atoms with Crippen LogP contribution in [0.5, 0.6) is 0 Å². The fourth-order valence-electron chi connectivity index (χ4n) is 1.42. The van der Waals surface area contributed by atoms with Crippen LogP contribution in [0.3, 0.4) is 0 Å². The molecular weight excluding hydrogens is 244 g/mol. The van der Waals surface area contributed by atoms with Gasteiger partial charge in [0, 0.05) is 11.8 Å². The zero-order valence-corrected chi connectivity index (χ0v) is 10.2. The van der Waals surface area contributed by atoms with E-state index in [0.29, 0.717) is 0 Å². The Balaban J connectivity index is 3.40. The lowest BCUT2D eigenvalue weighted by Gasteiger charge is -2.23. The molecule has 1 aromatic carbocycles. The largest absolute Gasteiger partial charge is 0.487 e. The summed E-state index contributed by atoms with van der Waals surface area (Å²) in [7, 11) is 1.29. The molecule has 0 aliphatic carbocycles. The van der Waals surface area contributed by atoms with Crippen LogP contribution in [0.1, 0.15) is 12.5 Å². The van der Waals surface area contributed by atoms with Gasteiger partial charge in [-0.3, -0.25) is 10.1 Å². The van der Waals surface area contributed by atoms with Crippen LogP contribution in [0, 0.1) is 10.1 Å². The van der Waals surface area contributed by atoms with Crippen LogP contribution >= 0.6 is 12.2 Å². The maximum atomic E-state index is 10.9. The first kappa shape index (κ1) is 13.3. The number of aliphatic hydroxyl groups is 1. The molecule has 0 spiro atoms. The molecule has 0 saturated carbocycles. The average Bonchev–Trinajstić information content (AvgIpc) is 2.27. The minimum atomic E-state index is -1.72. The highest BCUT2D eigenvalue weighted by atomic mass is 32.1. The number of anilines is 1. The molecule has 1 aromatic rings. The summed E-state index contributed by atoms with van der Waals surface area (Å²) < 4.78 is 4.76. The summed E-state index contributed by atoms with van der Waals surface area (Å²) in [5.41, 5.74) is 3.73. The first-order valence-corrected chi connectivity index (χ1v) is 5.06. The van der Waals surface area contributed by atoms with Crippen molar-refractivity contribution in [2.24, 2.45) is 0 Å². The van der Waals surface area contributed by atoms with Gasteiger partial charge in [0.1, 0.15) is 0 Å². The van der Waals surface area contributed by atoms with Crippen molar-refractivity contribution < 1.29 is 14.8 Å². The minimum absolute atomic E-state index is 0.0450. The zero-order valence-electron chi connectivity index (χ0n) is 9.34. The molecular formula is C10H12N2O4S. The molecule has 0 bridgehead atoms. The Hall–Kier alpha value is -1.73. The Morgan fingerprint density at radius 2 is 2.24 bits per heavy atom. The fraction of sp³-hybridized carbons (Fsp3) is 0.300. The summed E-state index contributed by atoms with van der Waals surface area (Å²) in [5, 5.41) is 20.9. The number of nitro benzene ring substituents is 1. The first-order valence-electron chi connectivity index (χ1n) is 4.66. The van der Waals surface area contributed by atoms with Crippen LogP contribution in [-0.2, 0) is 10.3 Å². The summed E-state index contributed by atoms with van der Waals surface area (Å²) in [6.07, 6.45) is 0. The standard InChI is InChI=1S/C10H12N2O4S/c1-10(13,9(17)16-2)7-4-3-6(11)5-8(7)12(14)15/h3-5,13H,11H2,1-2H3. The van der Waals surface area contributed by atoms with Crippen molar-refractivity contribution in [1.82, 2.24) is 0 Å². The number of nitrogens with two attached hydrogens (primary N) is 1. The quantitative estimate of drug-likeness (QED) is 0.366. The Morgan fingerprint density at radius 1 is 1.65 bits per heavy atom. The van der Waals surface area contributed by atoms with E-state index in [2.05, 4.69) is 0 Å². The number of ether oxygens (including phenoxy) is 1. The summed E-state index contributed by atoms with van der Waals surface area (Å²) in [4.78, 5) is 10.3.